The molecule has 1 aromatic rings. The predicted octanol–water partition coefficient (Wildman–Crippen LogP) is 0.323. The monoisotopic (exact) mass is 253 g/mol. The van der Waals surface area contributed by atoms with Gasteiger partial charge in [-0.25, -0.2) is 9.97 Å². The zero-order chi connectivity index (χ0) is 13.7. The highest BCUT2D eigenvalue weighted by Crippen LogP contribution is 2.13. The minimum atomic E-state index is -1.11. The summed E-state index contributed by atoms with van der Waals surface area (Å²) in [4.78, 5) is 30.9. The van der Waals surface area contributed by atoms with Crippen LogP contribution < -0.4 is 4.90 Å². The number of nitrogens with zero attached hydrogens (tertiary/aromatic N) is 3. The van der Waals surface area contributed by atoms with Crippen molar-refractivity contribution >= 4 is 17.8 Å². The van der Waals surface area contributed by atoms with Crippen LogP contribution in [-0.4, -0.2) is 45.2 Å². The molecule has 0 aromatic carbocycles. The summed E-state index contributed by atoms with van der Waals surface area (Å²) in [6.45, 7) is 2.77. The van der Waals surface area contributed by atoms with Crippen LogP contribution in [0.5, 0.6) is 0 Å². The van der Waals surface area contributed by atoms with Crippen molar-refractivity contribution in [2.75, 3.05) is 18.0 Å². The van der Waals surface area contributed by atoms with Crippen LogP contribution in [0.25, 0.3) is 0 Å². The van der Waals surface area contributed by atoms with Crippen molar-refractivity contribution in [1.82, 2.24) is 9.97 Å². The summed E-state index contributed by atoms with van der Waals surface area (Å²) in [6.07, 6.45) is 0.671. The van der Waals surface area contributed by atoms with E-state index in [0.29, 0.717) is 18.1 Å². The van der Waals surface area contributed by atoms with Crippen LogP contribution in [0.4, 0.5) is 5.82 Å². The van der Waals surface area contributed by atoms with E-state index in [-0.39, 0.29) is 0 Å². The summed E-state index contributed by atoms with van der Waals surface area (Å²) >= 11 is 0. The Bertz CT molecular complexity index is 446. The van der Waals surface area contributed by atoms with E-state index in [2.05, 4.69) is 9.97 Å². The Morgan fingerprint density at radius 2 is 1.78 bits per heavy atom. The van der Waals surface area contributed by atoms with Gasteiger partial charge < -0.3 is 15.1 Å². The minimum absolute atomic E-state index is 0.323. The lowest BCUT2D eigenvalue weighted by Crippen LogP contribution is -2.35. The first kappa shape index (κ1) is 13.9. The fourth-order valence-electron chi connectivity index (χ4n) is 1.50. The normalized spacial score (nSPS) is 10.1. The second kappa shape index (κ2) is 5.95. The molecular formula is C11H15N3O4. The number of aryl methyl sites for hydroxylation is 2. The van der Waals surface area contributed by atoms with Crippen molar-refractivity contribution in [3.05, 3.63) is 17.6 Å². The van der Waals surface area contributed by atoms with Gasteiger partial charge in [0.15, 0.2) is 0 Å². The number of carboxylic acid groups (broad SMARTS) is 2. The molecule has 0 bridgehead atoms. The smallest absolute Gasteiger partial charge is 0.323 e. The van der Waals surface area contributed by atoms with Gasteiger partial charge in [-0.05, 0) is 13.3 Å². The highest BCUT2D eigenvalue weighted by atomic mass is 16.4. The summed E-state index contributed by atoms with van der Waals surface area (Å²) in [5.74, 6) is -1.40. The number of aromatic nitrogens is 2. The van der Waals surface area contributed by atoms with E-state index in [9.17, 15) is 9.59 Å². The fourth-order valence-corrected chi connectivity index (χ4v) is 1.50. The molecule has 0 saturated carbocycles. The van der Waals surface area contributed by atoms with Gasteiger partial charge in [0.1, 0.15) is 24.7 Å². The summed E-state index contributed by atoms with van der Waals surface area (Å²) in [5, 5.41) is 17.6. The van der Waals surface area contributed by atoms with Crippen molar-refractivity contribution in [3.63, 3.8) is 0 Å². The third kappa shape index (κ3) is 4.00. The second-order valence-corrected chi connectivity index (χ2v) is 3.76. The van der Waals surface area contributed by atoms with Gasteiger partial charge in [0, 0.05) is 11.8 Å². The van der Waals surface area contributed by atoms with E-state index in [1.54, 1.807) is 13.0 Å². The maximum Gasteiger partial charge on any atom is 0.323 e. The van der Waals surface area contributed by atoms with Crippen molar-refractivity contribution in [2.45, 2.75) is 20.3 Å². The highest BCUT2D eigenvalue weighted by molar-refractivity contribution is 5.78. The number of anilines is 1. The zero-order valence-electron chi connectivity index (χ0n) is 10.3. The standard InChI is InChI=1S/C11H15N3O4/c1-3-8-4-9(13-7(2)12-8)14(5-10(15)16)6-11(17)18/h4H,3,5-6H2,1-2H3,(H,15,16)(H,17,18). The predicted molar refractivity (Wildman–Crippen MR) is 63.6 cm³/mol. The molecule has 0 aliphatic rings. The van der Waals surface area contributed by atoms with Crippen LogP contribution in [0.3, 0.4) is 0 Å². The third-order valence-electron chi connectivity index (χ3n) is 2.22. The molecule has 0 amide bonds. The summed E-state index contributed by atoms with van der Waals surface area (Å²) in [7, 11) is 0. The van der Waals surface area contributed by atoms with Crippen LogP contribution >= 0.6 is 0 Å². The molecule has 0 unspecified atom stereocenters. The number of carbonyl (C=O) groups is 2. The first-order chi connectivity index (χ1) is 8.42. The number of aliphatic carboxylic acids is 2. The molecule has 98 valence electrons. The van der Waals surface area contributed by atoms with Gasteiger partial charge in [-0.1, -0.05) is 6.92 Å². The van der Waals surface area contributed by atoms with Crippen molar-refractivity contribution < 1.29 is 19.8 Å². The van der Waals surface area contributed by atoms with Crippen LogP contribution in [0.2, 0.25) is 0 Å². The topological polar surface area (TPSA) is 104 Å². The van der Waals surface area contributed by atoms with Crippen molar-refractivity contribution in [3.8, 4) is 0 Å². The molecule has 0 aliphatic carbocycles. The maximum atomic E-state index is 10.7. The van der Waals surface area contributed by atoms with Crippen molar-refractivity contribution in [2.24, 2.45) is 0 Å². The van der Waals surface area contributed by atoms with Crippen LogP contribution in [0.1, 0.15) is 18.4 Å². The Morgan fingerprint density at radius 3 is 2.22 bits per heavy atom. The average Bonchev–Trinajstić information content (AvgIpc) is 2.26. The van der Waals surface area contributed by atoms with Gasteiger partial charge in [-0.3, -0.25) is 9.59 Å². The summed E-state index contributed by atoms with van der Waals surface area (Å²) in [6, 6.07) is 1.61. The molecule has 7 nitrogen and oxygen atoms in total. The Labute approximate surface area is 104 Å². The van der Waals surface area contributed by atoms with Gasteiger partial charge in [0.2, 0.25) is 0 Å². The SMILES string of the molecule is CCc1cc(N(CC(=O)O)CC(=O)O)nc(C)n1. The lowest BCUT2D eigenvalue weighted by atomic mass is 10.3. The largest absolute Gasteiger partial charge is 0.480 e. The Balaban J connectivity index is 3.06. The van der Waals surface area contributed by atoms with Gasteiger partial charge >= 0.3 is 11.9 Å². The molecule has 1 aromatic heterocycles. The molecule has 18 heavy (non-hydrogen) atoms. The molecule has 0 atom stereocenters. The van der Waals surface area contributed by atoms with Gasteiger partial charge in [-0.2, -0.15) is 0 Å². The number of hydrogen-bond donors (Lipinski definition) is 2. The molecule has 0 fully saturated rings. The van der Waals surface area contributed by atoms with E-state index < -0.39 is 25.0 Å². The van der Waals surface area contributed by atoms with E-state index in [0.717, 1.165) is 5.69 Å². The molecule has 7 heteroatoms. The van der Waals surface area contributed by atoms with E-state index in [1.807, 2.05) is 6.92 Å². The molecule has 0 spiro atoms. The number of rotatable bonds is 6. The number of carboxylic acids is 2. The summed E-state index contributed by atoms with van der Waals surface area (Å²) in [5.41, 5.74) is 0.748. The van der Waals surface area contributed by atoms with Crippen LogP contribution in [-0.2, 0) is 16.0 Å². The van der Waals surface area contributed by atoms with E-state index in [1.165, 1.54) is 4.90 Å². The Hall–Kier alpha value is -2.18. The van der Waals surface area contributed by atoms with Gasteiger partial charge in [0.25, 0.3) is 0 Å². The molecule has 1 rings (SSSR count). The third-order valence-corrected chi connectivity index (χ3v) is 2.22. The molecule has 2 N–H and O–H groups in total. The first-order valence-corrected chi connectivity index (χ1v) is 5.45. The lowest BCUT2D eigenvalue weighted by molar-refractivity contribution is -0.136. The highest BCUT2D eigenvalue weighted by Gasteiger charge is 2.16. The van der Waals surface area contributed by atoms with Gasteiger partial charge in [0.05, 0.1) is 0 Å². The molecular weight excluding hydrogens is 238 g/mol. The summed E-state index contributed by atoms with van der Waals surface area (Å²) < 4.78 is 0. The minimum Gasteiger partial charge on any atom is -0.480 e. The zero-order valence-corrected chi connectivity index (χ0v) is 10.3. The molecule has 0 aliphatic heterocycles. The quantitative estimate of drug-likeness (QED) is 0.752. The second-order valence-electron chi connectivity index (χ2n) is 3.76. The molecule has 0 saturated heterocycles. The Kier molecular flexibility index (Phi) is 4.59. The molecule has 0 radical (unpaired) electrons. The molecule has 1 heterocycles. The van der Waals surface area contributed by atoms with Gasteiger partial charge in [-0.15, -0.1) is 0 Å². The fraction of sp³-hybridized carbons (Fsp3) is 0.455. The van der Waals surface area contributed by atoms with E-state index in [4.69, 9.17) is 10.2 Å². The number of hydrogen-bond acceptors (Lipinski definition) is 5. The average molecular weight is 253 g/mol. The van der Waals surface area contributed by atoms with Crippen LogP contribution in [0.15, 0.2) is 6.07 Å². The van der Waals surface area contributed by atoms with Crippen molar-refractivity contribution in [1.29, 1.82) is 0 Å². The van der Waals surface area contributed by atoms with Crippen LogP contribution in [0, 0.1) is 6.92 Å². The first-order valence-electron chi connectivity index (χ1n) is 5.45. The Morgan fingerprint density at radius 1 is 1.22 bits per heavy atom. The van der Waals surface area contributed by atoms with E-state index >= 15 is 0 Å². The maximum absolute atomic E-state index is 10.7. The lowest BCUT2D eigenvalue weighted by Gasteiger charge is -2.20.